The number of carbonyl (C=O) groups excluding carboxylic acids is 1. The third kappa shape index (κ3) is 2.16. The van der Waals surface area contributed by atoms with E-state index < -0.39 is 0 Å². The molecule has 0 aromatic heterocycles. The summed E-state index contributed by atoms with van der Waals surface area (Å²) in [4.78, 5) is 12.6. The zero-order chi connectivity index (χ0) is 16.2. The molecule has 0 amide bonds. The quantitative estimate of drug-likeness (QED) is 0.905. The molecule has 2 fully saturated rings. The van der Waals surface area contributed by atoms with Crippen LogP contribution < -0.4 is 0 Å². The minimum absolute atomic E-state index is 0.140. The highest BCUT2D eigenvalue weighted by Crippen LogP contribution is 2.61. The molecule has 3 nitrogen and oxygen atoms in total. The van der Waals surface area contributed by atoms with Crippen LogP contribution >= 0.6 is 0 Å². The molecule has 4 rings (SSSR count). The van der Waals surface area contributed by atoms with Gasteiger partial charge in [-0.1, -0.05) is 13.0 Å². The summed E-state index contributed by atoms with van der Waals surface area (Å²) in [5, 5.41) is 9.81. The summed E-state index contributed by atoms with van der Waals surface area (Å²) in [6.07, 6.45) is 4.92. The Kier molecular flexibility index (Phi) is 3.53. The number of phenols is 1. The number of Topliss-reactive ketones (excluding diaryl/α,β-unsaturated/α-hetero) is 1. The molecule has 2 saturated carbocycles. The Balaban J connectivity index is 1.78. The van der Waals surface area contributed by atoms with Gasteiger partial charge in [0.2, 0.25) is 0 Å². The lowest BCUT2D eigenvalue weighted by molar-refractivity contribution is -0.132. The SMILES string of the molecule is COC[C@H]1C[C@]2(C)C(=O)CC[C@H]2[C@@H]2CCc3cc(O)ccc3[C@@H]12. The van der Waals surface area contributed by atoms with Crippen LogP contribution in [-0.4, -0.2) is 24.6 Å². The summed E-state index contributed by atoms with van der Waals surface area (Å²) < 4.78 is 5.54. The molecule has 0 saturated heterocycles. The smallest absolute Gasteiger partial charge is 0.139 e. The van der Waals surface area contributed by atoms with Gasteiger partial charge in [0.05, 0.1) is 0 Å². The molecule has 0 spiro atoms. The minimum atomic E-state index is -0.140. The molecule has 124 valence electrons. The Morgan fingerprint density at radius 3 is 2.91 bits per heavy atom. The average Bonchev–Trinajstić information content (AvgIpc) is 2.82. The van der Waals surface area contributed by atoms with E-state index in [0.29, 0.717) is 35.2 Å². The highest BCUT2D eigenvalue weighted by molar-refractivity contribution is 5.87. The van der Waals surface area contributed by atoms with E-state index in [9.17, 15) is 9.90 Å². The van der Waals surface area contributed by atoms with Crippen LogP contribution in [0.15, 0.2) is 18.2 Å². The van der Waals surface area contributed by atoms with Crippen LogP contribution in [0.2, 0.25) is 0 Å². The normalized spacial score (nSPS) is 38.8. The maximum Gasteiger partial charge on any atom is 0.139 e. The first-order chi connectivity index (χ1) is 11.0. The Morgan fingerprint density at radius 1 is 1.30 bits per heavy atom. The monoisotopic (exact) mass is 314 g/mol. The number of carbonyl (C=O) groups is 1. The molecule has 23 heavy (non-hydrogen) atoms. The van der Waals surface area contributed by atoms with E-state index in [1.165, 1.54) is 11.1 Å². The number of ketones is 1. The fourth-order valence-corrected chi connectivity index (χ4v) is 6.02. The number of phenolic OH excluding ortho intramolecular Hbond substituents is 1. The van der Waals surface area contributed by atoms with Crippen molar-refractivity contribution in [1.82, 2.24) is 0 Å². The molecule has 0 radical (unpaired) electrons. The van der Waals surface area contributed by atoms with Crippen molar-refractivity contribution in [3.8, 4) is 5.75 Å². The van der Waals surface area contributed by atoms with Crippen LogP contribution in [-0.2, 0) is 16.0 Å². The third-order valence-electron chi connectivity index (χ3n) is 6.92. The van der Waals surface area contributed by atoms with E-state index in [4.69, 9.17) is 4.74 Å². The number of aryl methyl sites for hydroxylation is 1. The Hall–Kier alpha value is -1.35. The van der Waals surface area contributed by atoms with Crippen LogP contribution in [0.5, 0.6) is 5.75 Å². The van der Waals surface area contributed by atoms with Crippen molar-refractivity contribution in [2.45, 2.75) is 44.9 Å². The topological polar surface area (TPSA) is 46.5 Å². The zero-order valence-corrected chi connectivity index (χ0v) is 14.0. The Bertz CT molecular complexity index is 638. The van der Waals surface area contributed by atoms with Gasteiger partial charge in [0, 0.05) is 25.6 Å². The molecule has 5 atom stereocenters. The van der Waals surface area contributed by atoms with E-state index in [2.05, 4.69) is 13.0 Å². The molecule has 0 bridgehead atoms. The van der Waals surface area contributed by atoms with E-state index in [1.54, 1.807) is 7.11 Å². The number of ether oxygens (including phenoxy) is 1. The van der Waals surface area contributed by atoms with Crippen LogP contribution in [0.1, 0.15) is 49.7 Å². The van der Waals surface area contributed by atoms with Gasteiger partial charge in [0.1, 0.15) is 11.5 Å². The summed E-state index contributed by atoms with van der Waals surface area (Å²) in [6.45, 7) is 2.93. The third-order valence-corrected chi connectivity index (χ3v) is 6.92. The Labute approximate surface area is 138 Å². The number of benzene rings is 1. The average molecular weight is 314 g/mol. The maximum atomic E-state index is 12.6. The van der Waals surface area contributed by atoms with Gasteiger partial charge in [-0.05, 0) is 72.6 Å². The molecule has 1 aromatic rings. The molecule has 0 heterocycles. The number of methoxy groups -OCH3 is 1. The van der Waals surface area contributed by atoms with Crippen molar-refractivity contribution in [2.24, 2.45) is 23.2 Å². The summed E-state index contributed by atoms with van der Waals surface area (Å²) in [5.41, 5.74) is 2.54. The second-order valence-electron chi connectivity index (χ2n) is 8.02. The van der Waals surface area contributed by atoms with Gasteiger partial charge < -0.3 is 9.84 Å². The lowest BCUT2D eigenvalue weighted by Gasteiger charge is -2.52. The second kappa shape index (κ2) is 5.34. The zero-order valence-electron chi connectivity index (χ0n) is 14.0. The molecule has 0 aliphatic heterocycles. The number of fused-ring (bicyclic) bond motifs is 5. The number of rotatable bonds is 2. The van der Waals surface area contributed by atoms with E-state index in [-0.39, 0.29) is 5.41 Å². The number of aromatic hydroxyl groups is 1. The summed E-state index contributed by atoms with van der Waals surface area (Å²) >= 11 is 0. The fourth-order valence-electron chi connectivity index (χ4n) is 6.02. The van der Waals surface area contributed by atoms with Gasteiger partial charge in [0.15, 0.2) is 0 Å². The molecule has 0 unspecified atom stereocenters. The number of hydrogen-bond donors (Lipinski definition) is 1. The van der Waals surface area contributed by atoms with Crippen LogP contribution in [0, 0.1) is 23.2 Å². The molecule has 3 aliphatic rings. The van der Waals surface area contributed by atoms with E-state index in [1.807, 2.05) is 12.1 Å². The van der Waals surface area contributed by atoms with Gasteiger partial charge >= 0.3 is 0 Å². The van der Waals surface area contributed by atoms with Crippen molar-refractivity contribution in [1.29, 1.82) is 0 Å². The molecular weight excluding hydrogens is 288 g/mol. The predicted octanol–water partition coefficient (Wildman–Crippen LogP) is 3.69. The number of hydrogen-bond acceptors (Lipinski definition) is 3. The molecule has 1 aromatic carbocycles. The highest BCUT2D eigenvalue weighted by atomic mass is 16.5. The molecule has 3 aliphatic carbocycles. The first kappa shape index (κ1) is 15.2. The van der Waals surface area contributed by atoms with Crippen molar-refractivity contribution in [3.63, 3.8) is 0 Å². The standard InChI is InChI=1S/C20H26O3/c1-20-10-13(11-23-2)19-15-6-4-14(21)9-12(15)3-5-16(19)17(20)7-8-18(20)22/h4,6,9,13,16-17,19,21H,3,5,7-8,10-11H2,1-2H3/t13-,16+,17+,19-,20+/m1/s1. The van der Waals surface area contributed by atoms with Crippen LogP contribution in [0.25, 0.3) is 0 Å². The van der Waals surface area contributed by atoms with Gasteiger partial charge in [0.25, 0.3) is 0 Å². The minimum Gasteiger partial charge on any atom is -0.508 e. The van der Waals surface area contributed by atoms with Gasteiger partial charge in [-0.2, -0.15) is 0 Å². The molecule has 3 heteroatoms. The maximum absolute atomic E-state index is 12.6. The summed E-state index contributed by atoms with van der Waals surface area (Å²) in [6, 6.07) is 5.87. The highest BCUT2D eigenvalue weighted by Gasteiger charge is 2.57. The van der Waals surface area contributed by atoms with Gasteiger partial charge in [-0.25, -0.2) is 0 Å². The first-order valence-corrected chi connectivity index (χ1v) is 8.88. The van der Waals surface area contributed by atoms with Crippen LogP contribution in [0.3, 0.4) is 0 Å². The lowest BCUT2D eigenvalue weighted by atomic mass is 9.52. The Morgan fingerprint density at radius 2 is 2.13 bits per heavy atom. The van der Waals surface area contributed by atoms with Crippen molar-refractivity contribution in [3.05, 3.63) is 29.3 Å². The molecule has 1 N–H and O–H groups in total. The van der Waals surface area contributed by atoms with E-state index >= 15 is 0 Å². The lowest BCUT2D eigenvalue weighted by Crippen LogP contribution is -2.47. The summed E-state index contributed by atoms with van der Waals surface area (Å²) in [7, 11) is 1.76. The van der Waals surface area contributed by atoms with E-state index in [0.717, 1.165) is 38.7 Å². The largest absolute Gasteiger partial charge is 0.508 e. The van der Waals surface area contributed by atoms with Crippen molar-refractivity contribution in [2.75, 3.05) is 13.7 Å². The van der Waals surface area contributed by atoms with Gasteiger partial charge in [-0.15, -0.1) is 0 Å². The first-order valence-electron chi connectivity index (χ1n) is 8.88. The fraction of sp³-hybridized carbons (Fsp3) is 0.650. The van der Waals surface area contributed by atoms with Crippen LogP contribution in [0.4, 0.5) is 0 Å². The van der Waals surface area contributed by atoms with Gasteiger partial charge in [-0.3, -0.25) is 4.79 Å². The molecular formula is C20H26O3. The predicted molar refractivity (Wildman–Crippen MR) is 88.5 cm³/mol. The summed E-state index contributed by atoms with van der Waals surface area (Å²) in [5.74, 6) is 2.81. The van der Waals surface area contributed by atoms with Crippen molar-refractivity contribution >= 4 is 5.78 Å². The second-order valence-corrected chi connectivity index (χ2v) is 8.02. The van der Waals surface area contributed by atoms with Crippen molar-refractivity contribution < 1.29 is 14.6 Å².